The summed E-state index contributed by atoms with van der Waals surface area (Å²) >= 11 is 0. The molecule has 0 saturated heterocycles. The van der Waals surface area contributed by atoms with E-state index in [1.165, 1.54) is 13.5 Å². The SMILES string of the molecule is CCCCCCCS(=N)(=O)c1ccc2c(c1)CCN2C(=O)c1ccccc1C(=O)OC. The molecule has 2 aromatic carbocycles. The number of rotatable bonds is 9. The monoisotopic (exact) mass is 442 g/mol. The third kappa shape index (κ3) is 5.15. The van der Waals surface area contributed by atoms with Crippen molar-refractivity contribution >= 4 is 27.3 Å². The Bertz CT molecular complexity index is 1060. The Balaban J connectivity index is 1.78. The Kier molecular flexibility index (Phi) is 7.49. The zero-order valence-corrected chi connectivity index (χ0v) is 19.0. The molecule has 0 radical (unpaired) electrons. The molecule has 31 heavy (non-hydrogen) atoms. The number of fused-ring (bicyclic) bond motifs is 1. The maximum Gasteiger partial charge on any atom is 0.338 e. The van der Waals surface area contributed by atoms with Crippen LogP contribution < -0.4 is 4.90 Å². The van der Waals surface area contributed by atoms with Crippen LogP contribution in [0.25, 0.3) is 0 Å². The van der Waals surface area contributed by atoms with Crippen molar-refractivity contribution in [2.45, 2.75) is 50.3 Å². The lowest BCUT2D eigenvalue weighted by atomic mass is 10.1. The van der Waals surface area contributed by atoms with Gasteiger partial charge in [0.2, 0.25) is 0 Å². The predicted octanol–water partition coefficient (Wildman–Crippen LogP) is 5.05. The number of anilines is 1. The molecule has 1 aliphatic heterocycles. The fourth-order valence-electron chi connectivity index (χ4n) is 3.92. The fraction of sp³-hybridized carbons (Fsp3) is 0.417. The molecule has 1 amide bonds. The van der Waals surface area contributed by atoms with Gasteiger partial charge in [0.05, 0.1) is 28.0 Å². The van der Waals surface area contributed by atoms with Gasteiger partial charge in [-0.05, 0) is 48.7 Å². The van der Waals surface area contributed by atoms with Crippen LogP contribution in [0.2, 0.25) is 0 Å². The molecule has 0 aliphatic carbocycles. The minimum Gasteiger partial charge on any atom is -0.465 e. The number of esters is 1. The number of carbonyl (C=O) groups is 2. The van der Waals surface area contributed by atoms with Crippen LogP contribution in [0, 0.1) is 4.78 Å². The summed E-state index contributed by atoms with van der Waals surface area (Å²) in [6.07, 6.45) is 5.84. The maximum absolute atomic E-state index is 13.2. The number of nitrogens with zero attached hydrogens (tertiary/aromatic N) is 1. The molecule has 2 aromatic rings. The average Bonchev–Trinajstić information content (AvgIpc) is 3.21. The molecule has 6 nitrogen and oxygen atoms in total. The summed E-state index contributed by atoms with van der Waals surface area (Å²) < 4.78 is 26.1. The molecule has 1 heterocycles. The fourth-order valence-corrected chi connectivity index (χ4v) is 5.39. The molecule has 0 fully saturated rings. The van der Waals surface area contributed by atoms with E-state index in [0.717, 1.165) is 36.9 Å². The summed E-state index contributed by atoms with van der Waals surface area (Å²) in [5.74, 6) is -0.452. The molecule has 166 valence electrons. The van der Waals surface area contributed by atoms with E-state index in [2.05, 4.69) is 6.92 Å². The Labute approximate surface area is 184 Å². The molecule has 0 aromatic heterocycles. The van der Waals surface area contributed by atoms with Gasteiger partial charge in [-0.3, -0.25) is 4.79 Å². The van der Waals surface area contributed by atoms with Crippen LogP contribution in [0.3, 0.4) is 0 Å². The molecule has 0 saturated carbocycles. The van der Waals surface area contributed by atoms with Gasteiger partial charge in [0.15, 0.2) is 0 Å². The highest BCUT2D eigenvalue weighted by atomic mass is 32.2. The number of methoxy groups -OCH3 is 1. The molecular weight excluding hydrogens is 412 g/mol. The number of hydrogen-bond acceptors (Lipinski definition) is 5. The Hall–Kier alpha value is -2.67. The number of amides is 1. The standard InChI is InChI=1S/C24H30N2O4S/c1-3-4-5-6-9-16-31(25,29)19-12-13-22-18(17-19)14-15-26(22)23(27)20-10-7-8-11-21(20)24(28)30-2/h7-8,10-13,17,25H,3-6,9,14-16H2,1-2H3. The Morgan fingerprint density at radius 3 is 2.48 bits per heavy atom. The van der Waals surface area contributed by atoms with Gasteiger partial charge >= 0.3 is 5.97 Å². The van der Waals surface area contributed by atoms with Gasteiger partial charge in [-0.2, -0.15) is 0 Å². The summed E-state index contributed by atoms with van der Waals surface area (Å²) in [7, 11) is -1.55. The molecular formula is C24H30N2O4S. The molecule has 3 rings (SSSR count). The quantitative estimate of drug-likeness (QED) is 0.435. The van der Waals surface area contributed by atoms with E-state index < -0.39 is 15.7 Å². The highest BCUT2D eigenvalue weighted by Crippen LogP contribution is 2.32. The second-order valence-electron chi connectivity index (χ2n) is 7.83. The van der Waals surface area contributed by atoms with E-state index in [1.807, 2.05) is 6.07 Å². The second kappa shape index (κ2) is 10.1. The summed E-state index contributed by atoms with van der Waals surface area (Å²) in [5, 5.41) is 0. The van der Waals surface area contributed by atoms with Crippen LogP contribution >= 0.6 is 0 Å². The zero-order chi connectivity index (χ0) is 22.4. The molecule has 1 aliphatic rings. The van der Waals surface area contributed by atoms with Gasteiger partial charge in [-0.15, -0.1) is 0 Å². The zero-order valence-electron chi connectivity index (χ0n) is 18.2. The van der Waals surface area contributed by atoms with E-state index in [1.54, 1.807) is 41.3 Å². The van der Waals surface area contributed by atoms with Gasteiger partial charge in [0.1, 0.15) is 0 Å². The van der Waals surface area contributed by atoms with Crippen molar-refractivity contribution in [3.63, 3.8) is 0 Å². The van der Waals surface area contributed by atoms with Crippen LogP contribution in [0.15, 0.2) is 47.4 Å². The number of carbonyl (C=O) groups excluding carboxylic acids is 2. The first-order chi connectivity index (χ1) is 14.9. The smallest absolute Gasteiger partial charge is 0.338 e. The number of ether oxygens (including phenoxy) is 1. The third-order valence-electron chi connectivity index (χ3n) is 5.67. The number of benzene rings is 2. The summed E-state index contributed by atoms with van der Waals surface area (Å²) in [6, 6.07) is 11.9. The van der Waals surface area contributed by atoms with Crippen molar-refractivity contribution in [1.82, 2.24) is 0 Å². The van der Waals surface area contributed by atoms with Gasteiger partial charge < -0.3 is 9.64 Å². The molecule has 0 spiro atoms. The lowest BCUT2D eigenvalue weighted by molar-refractivity contribution is 0.0597. The van der Waals surface area contributed by atoms with Crippen LogP contribution in [-0.4, -0.2) is 35.5 Å². The van der Waals surface area contributed by atoms with Crippen molar-refractivity contribution in [3.8, 4) is 0 Å². The lowest BCUT2D eigenvalue weighted by Gasteiger charge is -2.19. The highest BCUT2D eigenvalue weighted by Gasteiger charge is 2.29. The first kappa shape index (κ1) is 23.0. The van der Waals surface area contributed by atoms with Crippen molar-refractivity contribution in [2.24, 2.45) is 0 Å². The van der Waals surface area contributed by atoms with Crippen LogP contribution in [-0.2, 0) is 20.9 Å². The van der Waals surface area contributed by atoms with E-state index in [-0.39, 0.29) is 11.5 Å². The van der Waals surface area contributed by atoms with E-state index >= 15 is 0 Å². The van der Waals surface area contributed by atoms with Crippen molar-refractivity contribution in [1.29, 1.82) is 4.78 Å². The summed E-state index contributed by atoms with van der Waals surface area (Å²) in [6.45, 7) is 2.63. The second-order valence-corrected chi connectivity index (χ2v) is 10.1. The summed E-state index contributed by atoms with van der Waals surface area (Å²) in [4.78, 5) is 27.4. The largest absolute Gasteiger partial charge is 0.465 e. The average molecular weight is 443 g/mol. The van der Waals surface area contributed by atoms with Gasteiger partial charge in [-0.25, -0.2) is 13.8 Å². The van der Waals surface area contributed by atoms with E-state index in [9.17, 15) is 13.8 Å². The number of unbranched alkanes of at least 4 members (excludes halogenated alkanes) is 4. The minimum absolute atomic E-state index is 0.234. The predicted molar refractivity (Wildman–Crippen MR) is 122 cm³/mol. The third-order valence-corrected chi connectivity index (χ3v) is 7.55. The van der Waals surface area contributed by atoms with Crippen molar-refractivity contribution in [2.75, 3.05) is 24.3 Å². The highest BCUT2D eigenvalue weighted by molar-refractivity contribution is 7.92. The normalized spacial score (nSPS) is 14.7. The van der Waals surface area contributed by atoms with Crippen molar-refractivity contribution in [3.05, 3.63) is 59.2 Å². The van der Waals surface area contributed by atoms with Crippen LogP contribution in [0.4, 0.5) is 5.69 Å². The first-order valence-electron chi connectivity index (χ1n) is 10.8. The first-order valence-corrected chi connectivity index (χ1v) is 12.5. The number of hydrogen-bond donors (Lipinski definition) is 1. The van der Waals surface area contributed by atoms with E-state index in [4.69, 9.17) is 9.52 Å². The van der Waals surface area contributed by atoms with E-state index in [0.29, 0.717) is 29.2 Å². The van der Waals surface area contributed by atoms with Gasteiger partial charge in [0.25, 0.3) is 5.91 Å². The van der Waals surface area contributed by atoms with Gasteiger partial charge in [0, 0.05) is 22.9 Å². The van der Waals surface area contributed by atoms with Crippen molar-refractivity contribution < 1.29 is 18.5 Å². The number of nitrogens with one attached hydrogen (secondary N) is 1. The topological polar surface area (TPSA) is 87.5 Å². The molecule has 1 N–H and O–H groups in total. The van der Waals surface area contributed by atoms with Crippen LogP contribution in [0.1, 0.15) is 65.3 Å². The lowest BCUT2D eigenvalue weighted by Crippen LogP contribution is -2.30. The Morgan fingerprint density at radius 2 is 1.77 bits per heavy atom. The maximum atomic E-state index is 13.2. The summed E-state index contributed by atoms with van der Waals surface area (Å²) in [5.41, 5.74) is 2.18. The van der Waals surface area contributed by atoms with Gasteiger partial charge in [-0.1, -0.05) is 44.7 Å². The molecule has 1 unspecified atom stereocenters. The molecule has 7 heteroatoms. The molecule has 1 atom stereocenters. The minimum atomic E-state index is -2.84. The van der Waals surface area contributed by atoms with Crippen LogP contribution in [0.5, 0.6) is 0 Å². The Morgan fingerprint density at radius 1 is 1.06 bits per heavy atom. The molecule has 0 bridgehead atoms.